The van der Waals surface area contributed by atoms with Crippen LogP contribution in [0, 0.1) is 0 Å². The lowest BCUT2D eigenvalue weighted by atomic mass is 10.1. The smallest absolute Gasteiger partial charge is 0.254 e. The Labute approximate surface area is 113 Å². The van der Waals surface area contributed by atoms with E-state index in [2.05, 4.69) is 0 Å². The molecule has 0 spiro atoms. The first-order chi connectivity index (χ1) is 8.99. The van der Waals surface area contributed by atoms with E-state index in [1.54, 1.807) is 30.2 Å². The number of nitrogens with zero attached hydrogens (tertiary/aromatic N) is 1. The SMILES string of the molecule is COc1cc(N)cc(C(=O)N2C[C@@H](C)O[C@@H](C)C2)c1. The summed E-state index contributed by atoms with van der Waals surface area (Å²) < 4.78 is 10.8. The van der Waals surface area contributed by atoms with Crippen molar-refractivity contribution >= 4 is 11.6 Å². The second-order valence-electron chi connectivity index (χ2n) is 4.96. The minimum atomic E-state index is -0.0346. The highest BCUT2D eigenvalue weighted by molar-refractivity contribution is 5.95. The number of methoxy groups -OCH3 is 1. The lowest BCUT2D eigenvalue weighted by Gasteiger charge is -2.35. The van der Waals surface area contributed by atoms with Crippen molar-refractivity contribution in [1.82, 2.24) is 4.90 Å². The van der Waals surface area contributed by atoms with E-state index >= 15 is 0 Å². The molecule has 0 saturated carbocycles. The summed E-state index contributed by atoms with van der Waals surface area (Å²) in [6.07, 6.45) is 0.103. The Morgan fingerprint density at radius 1 is 1.32 bits per heavy atom. The Hall–Kier alpha value is -1.75. The fraction of sp³-hybridized carbons (Fsp3) is 0.500. The highest BCUT2D eigenvalue weighted by atomic mass is 16.5. The van der Waals surface area contributed by atoms with Gasteiger partial charge in [0.25, 0.3) is 5.91 Å². The zero-order chi connectivity index (χ0) is 14.0. The third-order valence-electron chi connectivity index (χ3n) is 3.12. The monoisotopic (exact) mass is 264 g/mol. The molecule has 1 amide bonds. The van der Waals surface area contributed by atoms with E-state index in [9.17, 15) is 4.79 Å². The Morgan fingerprint density at radius 2 is 1.95 bits per heavy atom. The summed E-state index contributed by atoms with van der Waals surface area (Å²) in [6, 6.07) is 5.08. The Bertz CT molecular complexity index is 466. The van der Waals surface area contributed by atoms with Crippen LogP contribution in [0.3, 0.4) is 0 Å². The number of rotatable bonds is 2. The summed E-state index contributed by atoms with van der Waals surface area (Å²) in [5, 5.41) is 0. The summed E-state index contributed by atoms with van der Waals surface area (Å²) in [7, 11) is 1.56. The normalized spacial score (nSPS) is 23.2. The van der Waals surface area contributed by atoms with Crippen LogP contribution in [-0.2, 0) is 4.74 Å². The molecule has 1 saturated heterocycles. The van der Waals surface area contributed by atoms with Crippen molar-refractivity contribution in [3.63, 3.8) is 0 Å². The standard InChI is InChI=1S/C14H20N2O3/c1-9-7-16(8-10(2)19-9)14(17)11-4-12(15)6-13(5-11)18-3/h4-6,9-10H,7-8,15H2,1-3H3/t9-,10+. The summed E-state index contributed by atoms with van der Waals surface area (Å²) in [5.74, 6) is 0.560. The number of morpholine rings is 1. The van der Waals surface area contributed by atoms with Gasteiger partial charge in [0.1, 0.15) is 5.75 Å². The molecule has 5 heteroatoms. The minimum Gasteiger partial charge on any atom is -0.497 e. The first-order valence-corrected chi connectivity index (χ1v) is 6.39. The summed E-state index contributed by atoms with van der Waals surface area (Å²) in [4.78, 5) is 14.3. The fourth-order valence-electron chi connectivity index (χ4n) is 2.39. The van der Waals surface area contributed by atoms with Crippen LogP contribution in [0.1, 0.15) is 24.2 Å². The molecule has 1 fully saturated rings. The lowest BCUT2D eigenvalue weighted by Crippen LogP contribution is -2.48. The van der Waals surface area contributed by atoms with Gasteiger partial charge in [-0.2, -0.15) is 0 Å². The molecule has 0 bridgehead atoms. The van der Waals surface area contributed by atoms with E-state index in [4.69, 9.17) is 15.2 Å². The molecule has 0 radical (unpaired) electrons. The van der Waals surface area contributed by atoms with Crippen LogP contribution >= 0.6 is 0 Å². The van der Waals surface area contributed by atoms with Crippen LogP contribution in [0.5, 0.6) is 5.75 Å². The van der Waals surface area contributed by atoms with Crippen molar-refractivity contribution in [2.24, 2.45) is 0 Å². The number of amides is 1. The van der Waals surface area contributed by atoms with Crippen molar-refractivity contribution in [2.75, 3.05) is 25.9 Å². The van der Waals surface area contributed by atoms with Crippen LogP contribution in [0.25, 0.3) is 0 Å². The fourth-order valence-corrected chi connectivity index (χ4v) is 2.39. The largest absolute Gasteiger partial charge is 0.497 e. The zero-order valence-electron chi connectivity index (χ0n) is 11.6. The number of anilines is 1. The van der Waals surface area contributed by atoms with Gasteiger partial charge in [0.05, 0.1) is 19.3 Å². The van der Waals surface area contributed by atoms with Crippen molar-refractivity contribution in [2.45, 2.75) is 26.1 Å². The topological polar surface area (TPSA) is 64.8 Å². The maximum absolute atomic E-state index is 12.5. The van der Waals surface area contributed by atoms with Gasteiger partial charge in [-0.15, -0.1) is 0 Å². The molecular weight excluding hydrogens is 244 g/mol. The zero-order valence-corrected chi connectivity index (χ0v) is 11.6. The van der Waals surface area contributed by atoms with Gasteiger partial charge in [0.2, 0.25) is 0 Å². The second-order valence-corrected chi connectivity index (χ2v) is 4.96. The average Bonchev–Trinajstić information content (AvgIpc) is 2.35. The quantitative estimate of drug-likeness (QED) is 0.823. The van der Waals surface area contributed by atoms with Crippen LogP contribution in [0.15, 0.2) is 18.2 Å². The molecule has 19 heavy (non-hydrogen) atoms. The molecule has 104 valence electrons. The minimum absolute atomic E-state index is 0.0346. The molecule has 0 aliphatic carbocycles. The number of nitrogen functional groups attached to an aromatic ring is 1. The molecule has 0 aromatic heterocycles. The number of nitrogens with two attached hydrogens (primary N) is 1. The third-order valence-corrected chi connectivity index (χ3v) is 3.12. The van der Waals surface area contributed by atoms with Gasteiger partial charge in [-0.3, -0.25) is 4.79 Å². The summed E-state index contributed by atoms with van der Waals surface area (Å²) in [5.41, 5.74) is 6.86. The van der Waals surface area contributed by atoms with Crippen LogP contribution in [0.4, 0.5) is 5.69 Å². The maximum atomic E-state index is 12.5. The number of hydrogen-bond acceptors (Lipinski definition) is 4. The first-order valence-electron chi connectivity index (χ1n) is 6.39. The average molecular weight is 264 g/mol. The Kier molecular flexibility index (Phi) is 3.95. The molecule has 1 aliphatic heterocycles. The van der Waals surface area contributed by atoms with Crippen LogP contribution < -0.4 is 10.5 Å². The van der Waals surface area contributed by atoms with E-state index in [-0.39, 0.29) is 18.1 Å². The molecule has 1 aromatic carbocycles. The predicted molar refractivity (Wildman–Crippen MR) is 73.3 cm³/mol. The number of ether oxygens (including phenoxy) is 2. The second kappa shape index (κ2) is 5.48. The van der Waals surface area contributed by atoms with Crippen LogP contribution in [0.2, 0.25) is 0 Å². The van der Waals surface area contributed by atoms with Crippen LogP contribution in [-0.4, -0.2) is 43.2 Å². The molecule has 1 heterocycles. The van der Waals surface area contributed by atoms with E-state index < -0.39 is 0 Å². The predicted octanol–water partition coefficient (Wildman–Crippen LogP) is 1.53. The van der Waals surface area contributed by atoms with E-state index in [0.29, 0.717) is 30.1 Å². The van der Waals surface area contributed by atoms with Crippen molar-refractivity contribution in [3.8, 4) is 5.75 Å². The van der Waals surface area contributed by atoms with Crippen molar-refractivity contribution in [3.05, 3.63) is 23.8 Å². The molecule has 0 unspecified atom stereocenters. The van der Waals surface area contributed by atoms with Gasteiger partial charge >= 0.3 is 0 Å². The first kappa shape index (κ1) is 13.7. The number of carbonyl (C=O) groups is 1. The molecular formula is C14H20N2O3. The molecule has 1 aliphatic rings. The van der Waals surface area contributed by atoms with Gasteiger partial charge in [-0.05, 0) is 26.0 Å². The number of hydrogen-bond donors (Lipinski definition) is 1. The lowest BCUT2D eigenvalue weighted by molar-refractivity contribution is -0.0586. The molecule has 1 aromatic rings. The summed E-state index contributed by atoms with van der Waals surface area (Å²) >= 11 is 0. The number of benzene rings is 1. The van der Waals surface area contributed by atoms with Crippen molar-refractivity contribution in [1.29, 1.82) is 0 Å². The van der Waals surface area contributed by atoms with Crippen molar-refractivity contribution < 1.29 is 14.3 Å². The van der Waals surface area contributed by atoms with E-state index in [0.717, 1.165) is 0 Å². The number of carbonyl (C=O) groups excluding carboxylic acids is 1. The highest BCUT2D eigenvalue weighted by Crippen LogP contribution is 2.21. The third kappa shape index (κ3) is 3.17. The van der Waals surface area contributed by atoms with Gasteiger partial charge in [0, 0.05) is 30.4 Å². The highest BCUT2D eigenvalue weighted by Gasteiger charge is 2.26. The molecule has 2 atom stereocenters. The molecule has 2 rings (SSSR count). The van der Waals surface area contributed by atoms with Gasteiger partial charge in [0.15, 0.2) is 0 Å². The van der Waals surface area contributed by atoms with E-state index in [1.165, 1.54) is 0 Å². The Balaban J connectivity index is 2.21. The van der Waals surface area contributed by atoms with E-state index in [1.807, 2.05) is 13.8 Å². The van der Waals surface area contributed by atoms with Gasteiger partial charge < -0.3 is 20.1 Å². The molecule has 2 N–H and O–H groups in total. The maximum Gasteiger partial charge on any atom is 0.254 e. The summed E-state index contributed by atoms with van der Waals surface area (Å²) in [6.45, 7) is 5.13. The molecule has 5 nitrogen and oxygen atoms in total. The van der Waals surface area contributed by atoms with Gasteiger partial charge in [-0.25, -0.2) is 0 Å². The van der Waals surface area contributed by atoms with Gasteiger partial charge in [-0.1, -0.05) is 0 Å². The Morgan fingerprint density at radius 3 is 2.53 bits per heavy atom.